The number of carboxylic acid groups (broad SMARTS) is 1. The van der Waals surface area contributed by atoms with Crippen LogP contribution in [0, 0.1) is 0 Å². The summed E-state index contributed by atoms with van der Waals surface area (Å²) in [5.74, 6) is 0.687. The van der Waals surface area contributed by atoms with Gasteiger partial charge in [-0.2, -0.15) is 0 Å². The highest BCUT2D eigenvalue weighted by Gasteiger charge is 2.33. The molecule has 4 rings (SSSR count). The lowest BCUT2D eigenvalue weighted by Crippen LogP contribution is -2.36. The summed E-state index contributed by atoms with van der Waals surface area (Å²) in [6.45, 7) is 1.32. The van der Waals surface area contributed by atoms with E-state index in [4.69, 9.17) is 9.97 Å². The molecule has 6 nitrogen and oxygen atoms in total. The summed E-state index contributed by atoms with van der Waals surface area (Å²) in [4.78, 5) is 26.3. The van der Waals surface area contributed by atoms with Gasteiger partial charge in [-0.25, -0.2) is 14.8 Å². The van der Waals surface area contributed by atoms with Crippen molar-refractivity contribution in [2.45, 2.75) is 25.4 Å². The average molecular weight is 382 g/mol. The largest absolute Gasteiger partial charge is 0.480 e. The van der Waals surface area contributed by atoms with Gasteiger partial charge in [0.05, 0.1) is 11.9 Å². The summed E-state index contributed by atoms with van der Waals surface area (Å²) >= 11 is 1.59. The third kappa shape index (κ3) is 3.40. The molecule has 2 aromatic heterocycles. The highest BCUT2D eigenvalue weighted by molar-refractivity contribution is 7.17. The van der Waals surface area contributed by atoms with Crippen molar-refractivity contribution in [2.24, 2.45) is 0 Å². The number of aromatic nitrogens is 2. The van der Waals surface area contributed by atoms with Crippen LogP contribution in [0.2, 0.25) is 0 Å². The molecular weight excluding hydrogens is 360 g/mol. The lowest BCUT2D eigenvalue weighted by atomic mass is 10.1. The fraction of sp³-hybridized carbons (Fsp3) is 0.350. The molecule has 0 amide bonds. The minimum atomic E-state index is -0.787. The molecule has 1 aromatic carbocycles. The smallest absolute Gasteiger partial charge is 0.326 e. The molecule has 1 aliphatic heterocycles. The minimum absolute atomic E-state index is 0.529. The van der Waals surface area contributed by atoms with E-state index in [1.54, 1.807) is 11.3 Å². The van der Waals surface area contributed by atoms with E-state index in [1.807, 2.05) is 42.1 Å². The number of anilines is 1. The molecule has 140 valence electrons. The molecule has 0 bridgehead atoms. The number of hydrogen-bond acceptors (Lipinski definition) is 6. The Morgan fingerprint density at radius 1 is 1.30 bits per heavy atom. The lowest BCUT2D eigenvalue weighted by Gasteiger charge is -2.24. The Balaban J connectivity index is 1.92. The molecule has 0 radical (unpaired) electrons. The van der Waals surface area contributed by atoms with Crippen molar-refractivity contribution in [3.8, 4) is 11.1 Å². The van der Waals surface area contributed by atoms with Gasteiger partial charge in [0.2, 0.25) is 0 Å². The van der Waals surface area contributed by atoms with Gasteiger partial charge in [0.1, 0.15) is 22.5 Å². The lowest BCUT2D eigenvalue weighted by molar-refractivity contribution is -0.138. The zero-order chi connectivity index (χ0) is 19.0. The molecule has 0 unspecified atom stereocenters. The first kappa shape index (κ1) is 17.9. The first-order chi connectivity index (χ1) is 13.0. The molecular formula is C20H22N4O2S. The zero-order valence-electron chi connectivity index (χ0n) is 15.4. The Labute approximate surface area is 162 Å². The summed E-state index contributed by atoms with van der Waals surface area (Å²) in [6, 6.07) is 9.62. The van der Waals surface area contributed by atoms with Crippen LogP contribution in [-0.4, -0.2) is 52.6 Å². The van der Waals surface area contributed by atoms with Crippen LogP contribution in [-0.2, 0) is 11.3 Å². The maximum Gasteiger partial charge on any atom is 0.326 e. The number of aliphatic carboxylic acids is 1. The number of benzene rings is 1. The SMILES string of the molecule is CN(C)Cc1nc(N2CCC[C@@H]2C(=O)O)c2c(-c3ccccc3)csc2n1. The molecule has 7 heteroatoms. The molecule has 3 heterocycles. The Morgan fingerprint density at radius 2 is 2.07 bits per heavy atom. The van der Waals surface area contributed by atoms with Crippen LogP contribution in [0.1, 0.15) is 18.7 Å². The zero-order valence-corrected chi connectivity index (χ0v) is 16.2. The maximum absolute atomic E-state index is 11.8. The van der Waals surface area contributed by atoms with E-state index >= 15 is 0 Å². The van der Waals surface area contributed by atoms with E-state index in [2.05, 4.69) is 17.5 Å². The second kappa shape index (κ2) is 7.25. The fourth-order valence-electron chi connectivity index (χ4n) is 3.63. The topological polar surface area (TPSA) is 69.6 Å². The van der Waals surface area contributed by atoms with Crippen LogP contribution in [0.3, 0.4) is 0 Å². The quantitative estimate of drug-likeness (QED) is 0.729. The van der Waals surface area contributed by atoms with Crippen LogP contribution in [0.15, 0.2) is 35.7 Å². The summed E-state index contributed by atoms with van der Waals surface area (Å²) < 4.78 is 0. The molecule has 0 spiro atoms. The predicted molar refractivity (Wildman–Crippen MR) is 108 cm³/mol. The van der Waals surface area contributed by atoms with E-state index in [0.717, 1.165) is 39.4 Å². The van der Waals surface area contributed by atoms with Gasteiger partial charge < -0.3 is 14.9 Å². The molecule has 1 N–H and O–H groups in total. The number of thiophene rings is 1. The number of carbonyl (C=O) groups is 1. The Morgan fingerprint density at radius 3 is 2.78 bits per heavy atom. The van der Waals surface area contributed by atoms with Gasteiger partial charge in [-0.1, -0.05) is 30.3 Å². The molecule has 0 saturated carbocycles. The molecule has 27 heavy (non-hydrogen) atoms. The normalized spacial score (nSPS) is 17.1. The van der Waals surface area contributed by atoms with Gasteiger partial charge in [0.15, 0.2) is 0 Å². The van der Waals surface area contributed by atoms with Crippen molar-refractivity contribution < 1.29 is 9.90 Å². The van der Waals surface area contributed by atoms with E-state index in [1.165, 1.54) is 0 Å². The molecule has 1 atom stereocenters. The second-order valence-corrected chi connectivity index (χ2v) is 7.94. The standard InChI is InChI=1S/C20H22N4O2S/c1-23(2)11-16-21-18(24-10-6-9-15(24)20(25)26)17-14(12-27-19(17)22-16)13-7-4-3-5-8-13/h3-5,7-8,12,15H,6,9-11H2,1-2H3,(H,25,26)/t15-/m1/s1. The van der Waals surface area contributed by atoms with Crippen molar-refractivity contribution in [2.75, 3.05) is 25.5 Å². The van der Waals surface area contributed by atoms with Crippen molar-refractivity contribution >= 4 is 33.3 Å². The second-order valence-electron chi connectivity index (χ2n) is 7.09. The molecule has 0 aliphatic carbocycles. The highest BCUT2D eigenvalue weighted by atomic mass is 32.1. The number of hydrogen-bond donors (Lipinski definition) is 1. The van der Waals surface area contributed by atoms with Crippen molar-refractivity contribution in [3.63, 3.8) is 0 Å². The Kier molecular flexibility index (Phi) is 4.80. The summed E-state index contributed by atoms with van der Waals surface area (Å²) in [6.07, 6.45) is 1.50. The van der Waals surface area contributed by atoms with Crippen LogP contribution in [0.25, 0.3) is 21.3 Å². The first-order valence-corrected chi connectivity index (χ1v) is 9.90. The summed E-state index contributed by atoms with van der Waals surface area (Å²) in [5, 5.41) is 12.7. The van der Waals surface area contributed by atoms with Crippen molar-refractivity contribution in [3.05, 3.63) is 41.5 Å². The number of nitrogens with zero attached hydrogens (tertiary/aromatic N) is 4. The van der Waals surface area contributed by atoms with Gasteiger partial charge >= 0.3 is 5.97 Å². The van der Waals surface area contributed by atoms with E-state index in [0.29, 0.717) is 19.5 Å². The van der Waals surface area contributed by atoms with Gasteiger partial charge in [-0.15, -0.1) is 11.3 Å². The Bertz CT molecular complexity index is 971. The van der Waals surface area contributed by atoms with Crippen molar-refractivity contribution in [1.29, 1.82) is 0 Å². The Hall–Kier alpha value is -2.51. The summed E-state index contributed by atoms with van der Waals surface area (Å²) in [7, 11) is 3.96. The first-order valence-electron chi connectivity index (χ1n) is 9.02. The van der Waals surface area contributed by atoms with Crippen LogP contribution < -0.4 is 4.90 Å². The molecule has 1 aliphatic rings. The number of rotatable bonds is 5. The van der Waals surface area contributed by atoms with Crippen LogP contribution >= 0.6 is 11.3 Å². The van der Waals surface area contributed by atoms with E-state index in [-0.39, 0.29) is 0 Å². The van der Waals surface area contributed by atoms with E-state index < -0.39 is 12.0 Å². The van der Waals surface area contributed by atoms with Gasteiger partial charge in [-0.05, 0) is 32.5 Å². The van der Waals surface area contributed by atoms with E-state index in [9.17, 15) is 9.90 Å². The third-order valence-corrected chi connectivity index (χ3v) is 5.69. The van der Waals surface area contributed by atoms with Crippen LogP contribution in [0.4, 0.5) is 5.82 Å². The molecule has 1 saturated heterocycles. The maximum atomic E-state index is 11.8. The van der Waals surface area contributed by atoms with Gasteiger partial charge in [0, 0.05) is 17.5 Å². The van der Waals surface area contributed by atoms with Gasteiger partial charge in [-0.3, -0.25) is 0 Å². The predicted octanol–water partition coefficient (Wildman–Crippen LogP) is 3.47. The van der Waals surface area contributed by atoms with Gasteiger partial charge in [0.25, 0.3) is 0 Å². The minimum Gasteiger partial charge on any atom is -0.480 e. The summed E-state index contributed by atoms with van der Waals surface area (Å²) in [5.41, 5.74) is 2.16. The average Bonchev–Trinajstić information content (AvgIpc) is 3.28. The number of carboxylic acids is 1. The van der Waals surface area contributed by atoms with Crippen LogP contribution in [0.5, 0.6) is 0 Å². The monoisotopic (exact) mass is 382 g/mol. The molecule has 1 fully saturated rings. The third-order valence-electron chi connectivity index (χ3n) is 4.81. The van der Waals surface area contributed by atoms with Crippen molar-refractivity contribution in [1.82, 2.24) is 14.9 Å². The fourth-order valence-corrected chi connectivity index (χ4v) is 4.60. The number of fused-ring (bicyclic) bond motifs is 1. The molecule has 3 aromatic rings. The highest BCUT2D eigenvalue weighted by Crippen LogP contribution is 2.40.